The minimum absolute atomic E-state index is 0.122. The zero-order chi connectivity index (χ0) is 20.4. The van der Waals surface area contributed by atoms with Crippen LogP contribution in [-0.2, 0) is 6.54 Å². The van der Waals surface area contributed by atoms with Gasteiger partial charge in [0.25, 0.3) is 5.91 Å². The summed E-state index contributed by atoms with van der Waals surface area (Å²) in [6, 6.07) is 11.1. The van der Waals surface area contributed by atoms with Crippen LogP contribution in [0.3, 0.4) is 0 Å². The van der Waals surface area contributed by atoms with Crippen LogP contribution in [0.15, 0.2) is 41.8 Å². The van der Waals surface area contributed by atoms with Crippen molar-refractivity contribution in [3.8, 4) is 0 Å². The summed E-state index contributed by atoms with van der Waals surface area (Å²) in [5.74, 6) is -0.121. The number of aromatic nitrogens is 1. The molecule has 2 fully saturated rings. The van der Waals surface area contributed by atoms with E-state index in [4.69, 9.17) is 0 Å². The number of carbonyl (C=O) groups is 1. The fourth-order valence-corrected chi connectivity index (χ4v) is 6.87. The van der Waals surface area contributed by atoms with Gasteiger partial charge in [0.15, 0.2) is 0 Å². The number of hydrogen-bond acceptors (Lipinski definition) is 2. The topological polar surface area (TPSA) is 25.2 Å². The first-order valence-corrected chi connectivity index (χ1v) is 11.2. The van der Waals surface area contributed by atoms with E-state index in [9.17, 15) is 9.18 Å². The molecule has 5 rings (SSSR count). The van der Waals surface area contributed by atoms with E-state index in [1.165, 1.54) is 12.5 Å². The molecule has 0 radical (unpaired) electrons. The lowest BCUT2D eigenvalue weighted by atomic mass is 9.65. The van der Waals surface area contributed by atoms with Gasteiger partial charge in [0.05, 0.1) is 0 Å². The predicted molar refractivity (Wildman–Crippen MR) is 116 cm³/mol. The SMILES string of the molecule is CC1(C)C[C@H]2C[C@](C)(CN2C(=O)c2cc3ccsc3n2Cc2cccc(F)c2)C1. The van der Waals surface area contributed by atoms with Gasteiger partial charge < -0.3 is 9.47 Å². The van der Waals surface area contributed by atoms with Crippen LogP contribution < -0.4 is 0 Å². The first-order valence-electron chi connectivity index (χ1n) is 10.4. The normalized spacial score (nSPS) is 25.7. The zero-order valence-electron chi connectivity index (χ0n) is 17.2. The number of carbonyl (C=O) groups excluding carboxylic acids is 1. The summed E-state index contributed by atoms with van der Waals surface area (Å²) in [6.07, 6.45) is 3.33. The fraction of sp³-hybridized carbons (Fsp3) is 0.458. The molecule has 0 unspecified atom stereocenters. The maximum Gasteiger partial charge on any atom is 0.270 e. The zero-order valence-corrected chi connectivity index (χ0v) is 18.1. The van der Waals surface area contributed by atoms with Gasteiger partial charge in [-0.1, -0.05) is 32.9 Å². The van der Waals surface area contributed by atoms with Crippen molar-refractivity contribution in [1.29, 1.82) is 0 Å². The second kappa shape index (κ2) is 6.43. The van der Waals surface area contributed by atoms with Crippen LogP contribution in [0, 0.1) is 16.6 Å². The van der Waals surface area contributed by atoms with Crippen LogP contribution in [0.2, 0.25) is 0 Å². The summed E-state index contributed by atoms with van der Waals surface area (Å²) in [5, 5.41) is 3.14. The molecular weight excluding hydrogens is 383 g/mol. The van der Waals surface area contributed by atoms with Gasteiger partial charge in [0.1, 0.15) is 16.3 Å². The third-order valence-corrected chi connectivity index (χ3v) is 7.58. The van der Waals surface area contributed by atoms with Crippen LogP contribution in [0.4, 0.5) is 4.39 Å². The Morgan fingerprint density at radius 3 is 2.83 bits per heavy atom. The maximum atomic E-state index is 13.7. The molecule has 1 aromatic carbocycles. The molecule has 0 spiro atoms. The van der Waals surface area contributed by atoms with E-state index >= 15 is 0 Å². The first kappa shape index (κ1) is 18.9. The highest BCUT2D eigenvalue weighted by Crippen LogP contribution is 2.52. The molecule has 2 bridgehead atoms. The van der Waals surface area contributed by atoms with Crippen LogP contribution in [0.25, 0.3) is 10.2 Å². The number of amides is 1. The number of hydrogen-bond donors (Lipinski definition) is 0. The maximum absolute atomic E-state index is 13.7. The van der Waals surface area contributed by atoms with Gasteiger partial charge in [-0.3, -0.25) is 4.79 Å². The van der Waals surface area contributed by atoms with Gasteiger partial charge in [-0.05, 0) is 65.3 Å². The molecule has 5 heteroatoms. The molecule has 3 nitrogen and oxygen atoms in total. The highest BCUT2D eigenvalue weighted by Gasteiger charge is 2.51. The molecule has 2 atom stereocenters. The number of fused-ring (bicyclic) bond motifs is 3. The molecule has 29 heavy (non-hydrogen) atoms. The van der Waals surface area contributed by atoms with Crippen LogP contribution >= 0.6 is 11.3 Å². The minimum atomic E-state index is -0.242. The van der Waals surface area contributed by atoms with Crippen molar-refractivity contribution in [3.05, 3.63) is 58.9 Å². The molecule has 3 heterocycles. The number of thiophene rings is 1. The Kier molecular flexibility index (Phi) is 4.18. The predicted octanol–water partition coefficient (Wildman–Crippen LogP) is 5.93. The summed E-state index contributed by atoms with van der Waals surface area (Å²) in [7, 11) is 0. The van der Waals surface area contributed by atoms with Crippen molar-refractivity contribution >= 4 is 27.5 Å². The summed E-state index contributed by atoms with van der Waals surface area (Å²) in [5.41, 5.74) is 2.08. The number of likely N-dealkylation sites (tertiary alicyclic amines) is 1. The number of nitrogens with zero attached hydrogens (tertiary/aromatic N) is 2. The van der Waals surface area contributed by atoms with Crippen LogP contribution in [0.1, 0.15) is 56.1 Å². The molecule has 2 aliphatic rings. The molecule has 1 aliphatic heterocycles. The average Bonchev–Trinajstić information content (AvgIpc) is 3.26. The molecule has 2 aromatic heterocycles. The lowest BCUT2D eigenvalue weighted by Gasteiger charge is -2.39. The van der Waals surface area contributed by atoms with E-state index in [1.807, 2.05) is 17.5 Å². The number of halogens is 1. The molecule has 3 aromatic rings. The van der Waals surface area contributed by atoms with Gasteiger partial charge >= 0.3 is 0 Å². The molecule has 1 aliphatic carbocycles. The lowest BCUT2D eigenvalue weighted by molar-refractivity contribution is 0.0698. The Hall–Kier alpha value is -2.14. The number of benzene rings is 1. The Balaban J connectivity index is 1.52. The number of rotatable bonds is 3. The average molecular weight is 411 g/mol. The Bertz CT molecular complexity index is 1100. The highest BCUT2D eigenvalue weighted by molar-refractivity contribution is 7.16. The molecule has 1 amide bonds. The molecule has 152 valence electrons. The minimum Gasteiger partial charge on any atom is -0.334 e. The fourth-order valence-electron chi connectivity index (χ4n) is 5.97. The Morgan fingerprint density at radius 2 is 2.03 bits per heavy atom. The Morgan fingerprint density at radius 1 is 1.21 bits per heavy atom. The quantitative estimate of drug-likeness (QED) is 0.525. The summed E-state index contributed by atoms with van der Waals surface area (Å²) >= 11 is 1.64. The largest absolute Gasteiger partial charge is 0.334 e. The van der Waals surface area contributed by atoms with Crippen molar-refractivity contribution in [2.45, 2.75) is 52.6 Å². The van der Waals surface area contributed by atoms with E-state index in [-0.39, 0.29) is 22.6 Å². The van der Waals surface area contributed by atoms with E-state index in [1.54, 1.807) is 23.5 Å². The standard InChI is InChI=1S/C24H27FN2OS/c1-23(2)11-19-12-24(3,14-23)15-27(19)21(28)20-10-17-7-8-29-22(17)26(20)13-16-5-4-6-18(25)9-16/h4-10,19H,11-15H2,1-3H3/t19-,24-/m0/s1. The van der Waals surface area contributed by atoms with E-state index in [2.05, 4.69) is 36.3 Å². The second-order valence-electron chi connectivity index (χ2n) is 10.1. The van der Waals surface area contributed by atoms with Crippen molar-refractivity contribution < 1.29 is 9.18 Å². The van der Waals surface area contributed by atoms with Gasteiger partial charge in [-0.2, -0.15) is 0 Å². The van der Waals surface area contributed by atoms with Crippen LogP contribution in [0.5, 0.6) is 0 Å². The lowest BCUT2D eigenvalue weighted by Crippen LogP contribution is -2.38. The van der Waals surface area contributed by atoms with E-state index < -0.39 is 0 Å². The smallest absolute Gasteiger partial charge is 0.270 e. The van der Waals surface area contributed by atoms with E-state index in [0.717, 1.165) is 40.9 Å². The summed E-state index contributed by atoms with van der Waals surface area (Å²) in [6.45, 7) is 8.32. The van der Waals surface area contributed by atoms with Crippen molar-refractivity contribution in [1.82, 2.24) is 9.47 Å². The monoisotopic (exact) mass is 410 g/mol. The second-order valence-corrected chi connectivity index (χ2v) is 11.0. The van der Waals surface area contributed by atoms with Gasteiger partial charge in [-0.25, -0.2) is 4.39 Å². The van der Waals surface area contributed by atoms with Gasteiger partial charge in [0.2, 0.25) is 0 Å². The van der Waals surface area contributed by atoms with Crippen molar-refractivity contribution in [2.75, 3.05) is 6.54 Å². The van der Waals surface area contributed by atoms with Crippen LogP contribution in [-0.4, -0.2) is 28.0 Å². The summed E-state index contributed by atoms with van der Waals surface area (Å²) in [4.78, 5) is 16.9. The van der Waals surface area contributed by atoms with Crippen molar-refractivity contribution in [2.24, 2.45) is 10.8 Å². The Labute approximate surface area is 175 Å². The molecular formula is C24H27FN2OS. The molecule has 1 saturated carbocycles. The third-order valence-electron chi connectivity index (χ3n) is 6.63. The first-order chi connectivity index (χ1) is 13.7. The van der Waals surface area contributed by atoms with Gasteiger partial charge in [0, 0.05) is 24.5 Å². The highest BCUT2D eigenvalue weighted by atomic mass is 32.1. The summed E-state index contributed by atoms with van der Waals surface area (Å²) < 4.78 is 15.8. The van der Waals surface area contributed by atoms with Gasteiger partial charge in [-0.15, -0.1) is 11.3 Å². The molecule has 1 saturated heterocycles. The van der Waals surface area contributed by atoms with E-state index in [0.29, 0.717) is 12.6 Å². The van der Waals surface area contributed by atoms with Crippen molar-refractivity contribution in [3.63, 3.8) is 0 Å². The third kappa shape index (κ3) is 3.29. The molecule has 0 N–H and O–H groups in total.